The van der Waals surface area contributed by atoms with Gasteiger partial charge in [0.1, 0.15) is 0 Å². The predicted octanol–water partition coefficient (Wildman–Crippen LogP) is 4.29. The Morgan fingerprint density at radius 1 is 0.857 bits per heavy atom. The van der Waals surface area contributed by atoms with Gasteiger partial charge in [0.2, 0.25) is 0 Å². The van der Waals surface area contributed by atoms with Crippen LogP contribution in [-0.2, 0) is 19.8 Å². The van der Waals surface area contributed by atoms with Gasteiger partial charge >= 0.3 is 8.80 Å². The van der Waals surface area contributed by atoms with E-state index in [2.05, 4.69) is 41.5 Å². The fraction of sp³-hybridized carbons (Fsp3) is 0.600. The minimum Gasteiger partial charge on any atom is -0.374 e. The van der Waals surface area contributed by atoms with E-state index in [-0.39, 0.29) is 24.8 Å². The Kier molecular flexibility index (Phi) is 19.7. The second-order valence-electron chi connectivity index (χ2n) is 5.96. The molecule has 8 heteroatoms. The first-order valence-electron chi connectivity index (χ1n) is 9.74. The lowest BCUT2D eigenvalue weighted by molar-refractivity contribution is 0.0708. The SMILES string of the molecule is C=Cc1ccc(CNCCNCCC[Si](OCC)(OCC)OCC)cc1.Cl.Cl. The molecule has 0 unspecified atom stereocenters. The molecule has 0 amide bonds. The van der Waals surface area contributed by atoms with Crippen LogP contribution >= 0.6 is 24.8 Å². The van der Waals surface area contributed by atoms with Gasteiger partial charge in [-0.15, -0.1) is 24.8 Å². The molecule has 0 aromatic heterocycles. The van der Waals surface area contributed by atoms with Crippen molar-refractivity contribution in [2.75, 3.05) is 39.5 Å². The van der Waals surface area contributed by atoms with Crippen LogP contribution in [0, 0.1) is 0 Å². The van der Waals surface area contributed by atoms with E-state index in [1.54, 1.807) is 0 Å². The maximum atomic E-state index is 5.87. The average Bonchev–Trinajstić information content (AvgIpc) is 2.65. The Morgan fingerprint density at radius 3 is 1.89 bits per heavy atom. The molecule has 0 heterocycles. The first-order valence-corrected chi connectivity index (χ1v) is 11.7. The molecule has 0 aliphatic carbocycles. The highest BCUT2D eigenvalue weighted by atomic mass is 35.5. The molecule has 0 radical (unpaired) electrons. The summed E-state index contributed by atoms with van der Waals surface area (Å²) < 4.78 is 17.6. The maximum Gasteiger partial charge on any atom is 0.500 e. The number of benzene rings is 1. The molecule has 1 aromatic carbocycles. The van der Waals surface area contributed by atoms with E-state index in [9.17, 15) is 0 Å². The molecule has 0 spiro atoms. The monoisotopic (exact) mass is 452 g/mol. The van der Waals surface area contributed by atoms with Crippen LogP contribution in [0.2, 0.25) is 6.04 Å². The van der Waals surface area contributed by atoms with Crippen molar-refractivity contribution in [2.45, 2.75) is 39.8 Å². The summed E-state index contributed by atoms with van der Waals surface area (Å²) in [7, 11) is -2.49. The molecular weight excluding hydrogens is 415 g/mol. The van der Waals surface area contributed by atoms with E-state index in [1.165, 1.54) is 5.56 Å². The van der Waals surface area contributed by atoms with E-state index >= 15 is 0 Å². The Hall–Kier alpha value is -0.443. The van der Waals surface area contributed by atoms with Crippen molar-refractivity contribution in [3.05, 3.63) is 42.0 Å². The molecule has 0 aliphatic rings. The molecule has 0 atom stereocenters. The second-order valence-corrected chi connectivity index (χ2v) is 8.69. The summed E-state index contributed by atoms with van der Waals surface area (Å²) in [5.41, 5.74) is 2.44. The van der Waals surface area contributed by atoms with Crippen molar-refractivity contribution in [2.24, 2.45) is 0 Å². The third-order valence-corrected chi connectivity index (χ3v) is 7.10. The first kappa shape index (κ1) is 29.8. The Labute approximate surface area is 184 Å². The molecular formula is C20H38Cl2N2O3Si. The zero-order valence-electron chi connectivity index (χ0n) is 17.5. The third-order valence-electron chi connectivity index (χ3n) is 3.95. The van der Waals surface area contributed by atoms with E-state index in [0.717, 1.165) is 44.2 Å². The van der Waals surface area contributed by atoms with E-state index in [4.69, 9.17) is 13.3 Å². The topological polar surface area (TPSA) is 51.8 Å². The molecule has 0 saturated heterocycles. The van der Waals surface area contributed by atoms with Gasteiger partial charge in [0.15, 0.2) is 0 Å². The number of hydrogen-bond acceptors (Lipinski definition) is 5. The van der Waals surface area contributed by atoms with Crippen molar-refractivity contribution in [1.82, 2.24) is 10.6 Å². The zero-order valence-corrected chi connectivity index (χ0v) is 20.1. The smallest absolute Gasteiger partial charge is 0.374 e. The van der Waals surface area contributed by atoms with Gasteiger partial charge in [0.25, 0.3) is 0 Å². The lowest BCUT2D eigenvalue weighted by atomic mass is 10.1. The standard InChI is InChI=1S/C20H36N2O3Si.2ClH/c1-5-19-10-12-20(13-11-19)18-22-16-15-21-14-9-17-26(23-6-2,24-7-3)25-8-4;;/h5,10-13,21-22H,1,6-9,14-18H2,2-4H3;2*1H. The maximum absolute atomic E-state index is 5.87. The van der Waals surface area contributed by atoms with Gasteiger partial charge in [-0.1, -0.05) is 36.9 Å². The van der Waals surface area contributed by atoms with Gasteiger partial charge in [-0.3, -0.25) is 0 Å². The van der Waals surface area contributed by atoms with Crippen LogP contribution in [0.3, 0.4) is 0 Å². The van der Waals surface area contributed by atoms with E-state index in [0.29, 0.717) is 19.8 Å². The molecule has 1 rings (SSSR count). The van der Waals surface area contributed by atoms with Crippen LogP contribution in [0.15, 0.2) is 30.8 Å². The fourth-order valence-corrected chi connectivity index (χ4v) is 5.35. The molecule has 2 N–H and O–H groups in total. The minimum atomic E-state index is -2.49. The van der Waals surface area contributed by atoms with Crippen molar-refractivity contribution in [3.63, 3.8) is 0 Å². The molecule has 5 nitrogen and oxygen atoms in total. The van der Waals surface area contributed by atoms with Crippen LogP contribution < -0.4 is 10.6 Å². The Bertz CT molecular complexity index is 476. The lowest BCUT2D eigenvalue weighted by Gasteiger charge is -2.28. The fourth-order valence-electron chi connectivity index (χ4n) is 2.74. The van der Waals surface area contributed by atoms with Crippen LogP contribution in [-0.4, -0.2) is 48.3 Å². The summed E-state index contributed by atoms with van der Waals surface area (Å²) in [6, 6.07) is 9.31. The summed E-state index contributed by atoms with van der Waals surface area (Å²) in [5, 5.41) is 6.92. The number of rotatable bonds is 16. The molecule has 1 aromatic rings. The molecule has 0 aliphatic heterocycles. The van der Waals surface area contributed by atoms with Gasteiger partial charge < -0.3 is 23.9 Å². The Morgan fingerprint density at radius 2 is 1.39 bits per heavy atom. The minimum absolute atomic E-state index is 0. The second kappa shape index (κ2) is 18.6. The van der Waals surface area contributed by atoms with Crippen molar-refractivity contribution < 1.29 is 13.3 Å². The molecule has 0 fully saturated rings. The number of halogens is 2. The molecule has 0 bridgehead atoms. The van der Waals surface area contributed by atoms with Gasteiger partial charge in [-0.2, -0.15) is 0 Å². The van der Waals surface area contributed by atoms with E-state index in [1.807, 2.05) is 26.8 Å². The summed E-state index contributed by atoms with van der Waals surface area (Å²) >= 11 is 0. The molecule has 28 heavy (non-hydrogen) atoms. The Balaban J connectivity index is 0. The van der Waals surface area contributed by atoms with Crippen molar-refractivity contribution in [3.8, 4) is 0 Å². The number of hydrogen-bond donors (Lipinski definition) is 2. The molecule has 0 saturated carbocycles. The van der Waals surface area contributed by atoms with Crippen LogP contribution in [0.5, 0.6) is 0 Å². The lowest BCUT2D eigenvalue weighted by Crippen LogP contribution is -2.46. The van der Waals surface area contributed by atoms with Crippen LogP contribution in [0.25, 0.3) is 6.08 Å². The van der Waals surface area contributed by atoms with E-state index < -0.39 is 8.80 Å². The quantitative estimate of drug-likeness (QED) is 0.289. The number of nitrogens with one attached hydrogen (secondary N) is 2. The van der Waals surface area contributed by atoms with Gasteiger partial charge in [0, 0.05) is 45.5 Å². The summed E-state index contributed by atoms with van der Waals surface area (Å²) in [6.07, 6.45) is 2.86. The average molecular weight is 454 g/mol. The first-order chi connectivity index (χ1) is 12.7. The predicted molar refractivity (Wildman–Crippen MR) is 126 cm³/mol. The summed E-state index contributed by atoms with van der Waals surface area (Å²) in [6.45, 7) is 15.4. The third kappa shape index (κ3) is 12.2. The van der Waals surface area contributed by atoms with Crippen molar-refractivity contribution >= 4 is 39.7 Å². The van der Waals surface area contributed by atoms with Gasteiger partial charge in [0.05, 0.1) is 0 Å². The van der Waals surface area contributed by atoms with Crippen LogP contribution in [0.4, 0.5) is 0 Å². The van der Waals surface area contributed by atoms with Gasteiger partial charge in [-0.25, -0.2) is 0 Å². The molecule has 164 valence electrons. The van der Waals surface area contributed by atoms with Gasteiger partial charge in [-0.05, 0) is 44.9 Å². The highest BCUT2D eigenvalue weighted by molar-refractivity contribution is 6.60. The zero-order chi connectivity index (χ0) is 19.1. The van der Waals surface area contributed by atoms with Crippen LogP contribution in [0.1, 0.15) is 38.3 Å². The largest absolute Gasteiger partial charge is 0.500 e. The van der Waals surface area contributed by atoms with Crippen molar-refractivity contribution in [1.29, 1.82) is 0 Å². The summed E-state index contributed by atoms with van der Waals surface area (Å²) in [5.74, 6) is 0. The highest BCUT2D eigenvalue weighted by Crippen LogP contribution is 2.17. The summed E-state index contributed by atoms with van der Waals surface area (Å²) in [4.78, 5) is 0. The highest BCUT2D eigenvalue weighted by Gasteiger charge is 2.39. The normalized spacial score (nSPS) is 10.8.